The Hall–Kier alpha value is -1.91. The second-order valence-corrected chi connectivity index (χ2v) is 2.98. The number of carbonyl (C=O) groups is 1. The van der Waals surface area contributed by atoms with Gasteiger partial charge in [0, 0.05) is 5.39 Å². The second kappa shape index (κ2) is 3.34. The molecular formula is C10H6F2O3. The van der Waals surface area contributed by atoms with Crippen molar-refractivity contribution in [2.75, 3.05) is 0 Å². The van der Waals surface area contributed by atoms with Crippen LogP contribution in [0.1, 0.15) is 22.5 Å². The Kier molecular flexibility index (Phi) is 2.15. The Morgan fingerprint density at radius 3 is 2.73 bits per heavy atom. The number of rotatable bonds is 2. The average Bonchev–Trinajstić information content (AvgIpc) is 2.60. The van der Waals surface area contributed by atoms with E-state index < -0.39 is 18.2 Å². The number of furan rings is 1. The van der Waals surface area contributed by atoms with Crippen molar-refractivity contribution in [3.8, 4) is 0 Å². The van der Waals surface area contributed by atoms with Crippen LogP contribution in [-0.2, 0) is 0 Å². The van der Waals surface area contributed by atoms with Crippen molar-refractivity contribution in [3.05, 3.63) is 35.6 Å². The van der Waals surface area contributed by atoms with E-state index in [9.17, 15) is 13.6 Å². The molecule has 0 aliphatic rings. The third-order valence-corrected chi connectivity index (χ3v) is 2.01. The van der Waals surface area contributed by atoms with E-state index in [0.29, 0.717) is 5.39 Å². The van der Waals surface area contributed by atoms with Crippen LogP contribution in [0.3, 0.4) is 0 Å². The zero-order chi connectivity index (χ0) is 11.0. The van der Waals surface area contributed by atoms with E-state index in [4.69, 9.17) is 9.52 Å². The van der Waals surface area contributed by atoms with Gasteiger partial charge in [-0.2, -0.15) is 0 Å². The highest BCUT2D eigenvalue weighted by molar-refractivity contribution is 6.01. The van der Waals surface area contributed by atoms with Crippen LogP contribution in [0.5, 0.6) is 0 Å². The molecule has 0 bridgehead atoms. The number of para-hydroxylation sites is 1. The summed E-state index contributed by atoms with van der Waals surface area (Å²) in [6.07, 6.45) is -2.74. The van der Waals surface area contributed by atoms with Gasteiger partial charge in [-0.3, -0.25) is 0 Å². The third kappa shape index (κ3) is 1.56. The minimum atomic E-state index is -2.74. The normalized spacial score (nSPS) is 11.1. The quantitative estimate of drug-likeness (QED) is 0.832. The number of hydrogen-bond acceptors (Lipinski definition) is 2. The number of halogens is 2. The molecule has 2 aromatic rings. The van der Waals surface area contributed by atoms with Gasteiger partial charge >= 0.3 is 5.97 Å². The van der Waals surface area contributed by atoms with E-state index in [1.54, 1.807) is 0 Å². The van der Waals surface area contributed by atoms with E-state index in [2.05, 4.69) is 0 Å². The Balaban J connectivity index is 2.70. The van der Waals surface area contributed by atoms with Crippen molar-refractivity contribution < 1.29 is 23.1 Å². The van der Waals surface area contributed by atoms with Gasteiger partial charge in [0.25, 0.3) is 6.43 Å². The highest BCUT2D eigenvalue weighted by Crippen LogP contribution is 2.28. The fraction of sp³-hybridized carbons (Fsp3) is 0.100. The third-order valence-electron chi connectivity index (χ3n) is 2.01. The first-order valence-electron chi connectivity index (χ1n) is 4.13. The van der Waals surface area contributed by atoms with Gasteiger partial charge in [-0.15, -0.1) is 0 Å². The molecule has 0 atom stereocenters. The molecule has 0 spiro atoms. The van der Waals surface area contributed by atoms with Crippen LogP contribution in [0.2, 0.25) is 0 Å². The molecule has 0 saturated heterocycles. The molecule has 1 aromatic carbocycles. The molecule has 0 aliphatic heterocycles. The first-order valence-corrected chi connectivity index (χ1v) is 4.13. The summed E-state index contributed by atoms with van der Waals surface area (Å²) in [6.45, 7) is 0. The Labute approximate surface area is 82.9 Å². The van der Waals surface area contributed by atoms with Crippen molar-refractivity contribution in [1.82, 2.24) is 0 Å². The molecule has 0 amide bonds. The van der Waals surface area contributed by atoms with Crippen LogP contribution in [0.25, 0.3) is 11.0 Å². The summed E-state index contributed by atoms with van der Waals surface area (Å²) in [5.74, 6) is -1.71. The van der Waals surface area contributed by atoms with Crippen LogP contribution in [0.15, 0.2) is 28.7 Å². The predicted molar refractivity (Wildman–Crippen MR) is 48.1 cm³/mol. The first kappa shape index (κ1) is 9.64. The molecule has 1 N–H and O–H groups in total. The molecule has 78 valence electrons. The summed E-state index contributed by atoms with van der Waals surface area (Å²) in [4.78, 5) is 10.7. The number of fused-ring (bicyclic) bond motifs is 1. The molecule has 1 aromatic heterocycles. The summed E-state index contributed by atoms with van der Waals surface area (Å²) in [6, 6.07) is 5.46. The SMILES string of the molecule is O=C(O)c1cccc2cc(C(F)F)oc12. The van der Waals surface area contributed by atoms with Crippen LogP contribution >= 0.6 is 0 Å². The maximum absolute atomic E-state index is 12.3. The number of aromatic carboxylic acids is 1. The minimum absolute atomic E-state index is 0.0136. The molecular weight excluding hydrogens is 206 g/mol. The van der Waals surface area contributed by atoms with E-state index >= 15 is 0 Å². The monoisotopic (exact) mass is 212 g/mol. The lowest BCUT2D eigenvalue weighted by Gasteiger charge is -1.94. The summed E-state index contributed by atoms with van der Waals surface area (Å²) in [5.41, 5.74) is -0.125. The zero-order valence-corrected chi connectivity index (χ0v) is 7.41. The van der Waals surface area contributed by atoms with Gasteiger partial charge in [0.15, 0.2) is 5.76 Å². The van der Waals surface area contributed by atoms with Crippen LogP contribution in [0, 0.1) is 0 Å². The number of carboxylic acid groups (broad SMARTS) is 1. The standard InChI is InChI=1S/C10H6F2O3/c11-9(12)7-4-5-2-1-3-6(10(13)14)8(5)15-7/h1-4,9H,(H,13,14). The van der Waals surface area contributed by atoms with E-state index in [1.807, 2.05) is 0 Å². The van der Waals surface area contributed by atoms with Gasteiger partial charge in [-0.05, 0) is 12.1 Å². The highest BCUT2D eigenvalue weighted by atomic mass is 19.3. The summed E-state index contributed by atoms with van der Waals surface area (Å²) in [7, 11) is 0. The van der Waals surface area contributed by atoms with Gasteiger partial charge in [-0.25, -0.2) is 13.6 Å². The van der Waals surface area contributed by atoms with E-state index in [1.165, 1.54) is 18.2 Å². The smallest absolute Gasteiger partial charge is 0.339 e. The van der Waals surface area contributed by atoms with E-state index in [0.717, 1.165) is 6.07 Å². The van der Waals surface area contributed by atoms with Gasteiger partial charge < -0.3 is 9.52 Å². The maximum Gasteiger partial charge on any atom is 0.339 e. The molecule has 1 heterocycles. The molecule has 2 rings (SSSR count). The second-order valence-electron chi connectivity index (χ2n) is 2.98. The topological polar surface area (TPSA) is 50.4 Å². The Bertz CT molecular complexity index is 516. The molecule has 0 unspecified atom stereocenters. The maximum atomic E-state index is 12.3. The fourth-order valence-corrected chi connectivity index (χ4v) is 1.36. The van der Waals surface area contributed by atoms with Gasteiger partial charge in [-0.1, -0.05) is 12.1 Å². The Morgan fingerprint density at radius 2 is 2.13 bits per heavy atom. The van der Waals surface area contributed by atoms with Crippen LogP contribution in [0.4, 0.5) is 8.78 Å². The average molecular weight is 212 g/mol. The molecule has 15 heavy (non-hydrogen) atoms. The van der Waals surface area contributed by atoms with E-state index in [-0.39, 0.29) is 11.1 Å². The van der Waals surface area contributed by atoms with Gasteiger partial charge in [0.1, 0.15) is 11.1 Å². The Morgan fingerprint density at radius 1 is 1.40 bits per heavy atom. The van der Waals surface area contributed by atoms with Crippen molar-refractivity contribution in [3.63, 3.8) is 0 Å². The molecule has 0 fully saturated rings. The molecule has 0 aliphatic carbocycles. The molecule has 0 radical (unpaired) electrons. The number of hydrogen-bond donors (Lipinski definition) is 1. The zero-order valence-electron chi connectivity index (χ0n) is 7.41. The lowest BCUT2D eigenvalue weighted by Crippen LogP contribution is -1.95. The first-order chi connectivity index (χ1) is 7.09. The largest absolute Gasteiger partial charge is 0.478 e. The van der Waals surface area contributed by atoms with Crippen LogP contribution in [-0.4, -0.2) is 11.1 Å². The summed E-state index contributed by atoms with van der Waals surface area (Å²) < 4.78 is 29.4. The summed E-state index contributed by atoms with van der Waals surface area (Å²) >= 11 is 0. The summed E-state index contributed by atoms with van der Waals surface area (Å²) in [5, 5.41) is 9.15. The fourth-order valence-electron chi connectivity index (χ4n) is 1.36. The van der Waals surface area contributed by atoms with Crippen molar-refractivity contribution in [2.45, 2.75) is 6.43 Å². The van der Waals surface area contributed by atoms with Crippen molar-refractivity contribution in [1.29, 1.82) is 0 Å². The minimum Gasteiger partial charge on any atom is -0.478 e. The van der Waals surface area contributed by atoms with Gasteiger partial charge in [0.05, 0.1) is 0 Å². The lowest BCUT2D eigenvalue weighted by molar-refractivity contribution is 0.0696. The molecule has 3 nitrogen and oxygen atoms in total. The molecule has 0 saturated carbocycles. The lowest BCUT2D eigenvalue weighted by atomic mass is 10.1. The van der Waals surface area contributed by atoms with Gasteiger partial charge in [0.2, 0.25) is 0 Å². The number of benzene rings is 1. The number of alkyl halides is 2. The van der Waals surface area contributed by atoms with Crippen molar-refractivity contribution in [2.24, 2.45) is 0 Å². The predicted octanol–water partition coefficient (Wildman–Crippen LogP) is 3.07. The van der Waals surface area contributed by atoms with Crippen LogP contribution < -0.4 is 0 Å². The van der Waals surface area contributed by atoms with Crippen molar-refractivity contribution >= 4 is 16.9 Å². The highest BCUT2D eigenvalue weighted by Gasteiger charge is 2.17. The number of carboxylic acids is 1. The molecule has 5 heteroatoms.